The van der Waals surface area contributed by atoms with Crippen molar-refractivity contribution in [1.82, 2.24) is 0 Å². The quantitative estimate of drug-likeness (QED) is 0.586. The molecular weight excluding hydrogens is 256 g/mol. The first-order chi connectivity index (χ1) is 9.54. The number of hydrogen-bond acceptors (Lipinski definition) is 3. The van der Waals surface area contributed by atoms with Crippen LogP contribution >= 0.6 is 0 Å². The summed E-state index contributed by atoms with van der Waals surface area (Å²) in [6.45, 7) is 4.85. The molecule has 0 aliphatic heterocycles. The molecule has 1 aromatic rings. The van der Waals surface area contributed by atoms with Crippen LogP contribution in [-0.2, 0) is 20.7 Å². The second kappa shape index (κ2) is 8.15. The minimum atomic E-state index is -0.968. The van der Waals surface area contributed by atoms with Gasteiger partial charge in [-0.05, 0) is 24.8 Å². The van der Waals surface area contributed by atoms with Crippen molar-refractivity contribution >= 4 is 11.9 Å². The van der Waals surface area contributed by atoms with Crippen molar-refractivity contribution < 1.29 is 19.4 Å². The van der Waals surface area contributed by atoms with Gasteiger partial charge in [-0.25, -0.2) is 0 Å². The topological polar surface area (TPSA) is 63.6 Å². The SMILES string of the molecule is C=CC[C@@H](C(=O)O)[C@@H](CCc1ccccc1)OC(C)=O. The smallest absolute Gasteiger partial charge is 0.310 e. The summed E-state index contributed by atoms with van der Waals surface area (Å²) in [7, 11) is 0. The lowest BCUT2D eigenvalue weighted by Crippen LogP contribution is -2.32. The van der Waals surface area contributed by atoms with E-state index in [2.05, 4.69) is 6.58 Å². The predicted octanol–water partition coefficient (Wildman–Crippen LogP) is 2.83. The molecule has 0 aliphatic carbocycles. The Bertz CT molecular complexity index is 453. The van der Waals surface area contributed by atoms with E-state index in [1.54, 1.807) is 0 Å². The van der Waals surface area contributed by atoms with Crippen molar-refractivity contribution in [2.75, 3.05) is 0 Å². The summed E-state index contributed by atoms with van der Waals surface area (Å²) in [6, 6.07) is 9.70. The lowest BCUT2D eigenvalue weighted by molar-refractivity contribution is -0.157. The second-order valence-corrected chi connectivity index (χ2v) is 4.64. The largest absolute Gasteiger partial charge is 0.481 e. The van der Waals surface area contributed by atoms with Gasteiger partial charge < -0.3 is 9.84 Å². The van der Waals surface area contributed by atoms with Crippen molar-refractivity contribution in [2.45, 2.75) is 32.3 Å². The van der Waals surface area contributed by atoms with E-state index >= 15 is 0 Å². The van der Waals surface area contributed by atoms with E-state index in [0.29, 0.717) is 12.8 Å². The minimum Gasteiger partial charge on any atom is -0.481 e. The maximum atomic E-state index is 11.3. The average Bonchev–Trinajstić information content (AvgIpc) is 2.41. The van der Waals surface area contributed by atoms with Gasteiger partial charge in [-0.2, -0.15) is 0 Å². The maximum absolute atomic E-state index is 11.3. The fourth-order valence-corrected chi connectivity index (χ4v) is 2.10. The predicted molar refractivity (Wildman–Crippen MR) is 76.3 cm³/mol. The molecule has 4 nitrogen and oxygen atoms in total. The Labute approximate surface area is 119 Å². The van der Waals surface area contributed by atoms with Gasteiger partial charge in [-0.15, -0.1) is 6.58 Å². The molecule has 0 radical (unpaired) electrons. The lowest BCUT2D eigenvalue weighted by atomic mass is 9.93. The number of esters is 1. The molecule has 1 N–H and O–H groups in total. The Kier molecular flexibility index (Phi) is 6.50. The van der Waals surface area contributed by atoms with Gasteiger partial charge in [0.05, 0.1) is 5.92 Å². The van der Waals surface area contributed by atoms with E-state index in [-0.39, 0.29) is 6.42 Å². The van der Waals surface area contributed by atoms with Gasteiger partial charge >= 0.3 is 11.9 Å². The van der Waals surface area contributed by atoms with Crippen LogP contribution in [0.4, 0.5) is 0 Å². The third-order valence-corrected chi connectivity index (χ3v) is 3.06. The highest BCUT2D eigenvalue weighted by molar-refractivity contribution is 5.72. The van der Waals surface area contributed by atoms with E-state index in [9.17, 15) is 14.7 Å². The van der Waals surface area contributed by atoms with Crippen LogP contribution in [0.2, 0.25) is 0 Å². The fourth-order valence-electron chi connectivity index (χ4n) is 2.10. The van der Waals surface area contributed by atoms with E-state index in [1.165, 1.54) is 13.0 Å². The van der Waals surface area contributed by atoms with Gasteiger partial charge in [0.2, 0.25) is 0 Å². The maximum Gasteiger partial charge on any atom is 0.310 e. The van der Waals surface area contributed by atoms with Crippen molar-refractivity contribution in [2.24, 2.45) is 5.92 Å². The zero-order valence-corrected chi connectivity index (χ0v) is 11.6. The number of ether oxygens (including phenoxy) is 1. The van der Waals surface area contributed by atoms with Crippen molar-refractivity contribution in [3.63, 3.8) is 0 Å². The molecule has 4 heteroatoms. The van der Waals surface area contributed by atoms with Crippen LogP contribution in [0.15, 0.2) is 43.0 Å². The summed E-state index contributed by atoms with van der Waals surface area (Å²) in [6.07, 6.45) is 2.33. The van der Waals surface area contributed by atoms with Crippen molar-refractivity contribution in [3.8, 4) is 0 Å². The summed E-state index contributed by atoms with van der Waals surface area (Å²) in [5, 5.41) is 9.25. The molecule has 0 bridgehead atoms. The van der Waals surface area contributed by atoms with Crippen LogP contribution in [0.3, 0.4) is 0 Å². The molecule has 20 heavy (non-hydrogen) atoms. The minimum absolute atomic E-state index is 0.280. The van der Waals surface area contributed by atoms with E-state index < -0.39 is 24.0 Å². The monoisotopic (exact) mass is 276 g/mol. The van der Waals surface area contributed by atoms with E-state index in [1.807, 2.05) is 30.3 Å². The van der Waals surface area contributed by atoms with E-state index in [0.717, 1.165) is 5.56 Å². The Morgan fingerprint density at radius 2 is 2.00 bits per heavy atom. The first kappa shape index (κ1) is 16.0. The van der Waals surface area contributed by atoms with Crippen molar-refractivity contribution in [1.29, 1.82) is 0 Å². The standard InChI is InChI=1S/C16H20O4/c1-3-7-14(16(18)19)15(20-12(2)17)11-10-13-8-5-4-6-9-13/h3-6,8-9,14-15H,1,7,10-11H2,2H3,(H,18,19)/t14-,15-/m1/s1. The van der Waals surface area contributed by atoms with Crippen molar-refractivity contribution in [3.05, 3.63) is 48.6 Å². The van der Waals surface area contributed by atoms with Gasteiger partial charge in [0.1, 0.15) is 6.10 Å². The zero-order valence-electron chi connectivity index (χ0n) is 11.6. The lowest BCUT2D eigenvalue weighted by Gasteiger charge is -2.22. The van der Waals surface area contributed by atoms with Crippen LogP contribution < -0.4 is 0 Å². The highest BCUT2D eigenvalue weighted by Gasteiger charge is 2.29. The normalized spacial score (nSPS) is 13.2. The molecule has 1 aromatic carbocycles. The van der Waals surface area contributed by atoms with Crippen LogP contribution in [-0.4, -0.2) is 23.1 Å². The molecule has 0 aromatic heterocycles. The molecule has 0 amide bonds. The number of rotatable bonds is 8. The molecule has 0 aliphatic rings. The van der Waals surface area contributed by atoms with Gasteiger partial charge in [0.25, 0.3) is 0 Å². The molecule has 0 saturated heterocycles. The molecule has 0 heterocycles. The van der Waals surface area contributed by atoms with Crippen LogP contribution in [0, 0.1) is 5.92 Å². The van der Waals surface area contributed by atoms with Gasteiger partial charge in [0, 0.05) is 6.92 Å². The number of carboxylic acids is 1. The molecule has 1 rings (SSSR count). The summed E-state index contributed by atoms with van der Waals surface area (Å²) in [5.74, 6) is -2.18. The number of allylic oxidation sites excluding steroid dienone is 1. The molecule has 108 valence electrons. The number of hydrogen-bond donors (Lipinski definition) is 1. The summed E-state index contributed by atoms with van der Waals surface area (Å²) in [5.41, 5.74) is 1.09. The molecule has 2 atom stereocenters. The third-order valence-electron chi connectivity index (χ3n) is 3.06. The second-order valence-electron chi connectivity index (χ2n) is 4.64. The third kappa shape index (κ3) is 5.26. The summed E-state index contributed by atoms with van der Waals surface area (Å²) in [4.78, 5) is 22.4. The Morgan fingerprint density at radius 3 is 2.50 bits per heavy atom. The first-order valence-electron chi connectivity index (χ1n) is 6.59. The van der Waals surface area contributed by atoms with Crippen LogP contribution in [0.25, 0.3) is 0 Å². The number of aliphatic carboxylic acids is 1. The Morgan fingerprint density at radius 1 is 1.35 bits per heavy atom. The number of aryl methyl sites for hydroxylation is 1. The van der Waals surface area contributed by atoms with Gasteiger partial charge in [0.15, 0.2) is 0 Å². The van der Waals surface area contributed by atoms with Crippen LogP contribution in [0.5, 0.6) is 0 Å². The molecule has 0 fully saturated rings. The molecule has 0 unspecified atom stereocenters. The molecule has 0 saturated carbocycles. The highest BCUT2D eigenvalue weighted by atomic mass is 16.5. The van der Waals surface area contributed by atoms with E-state index in [4.69, 9.17) is 4.74 Å². The Balaban J connectivity index is 2.74. The first-order valence-corrected chi connectivity index (χ1v) is 6.59. The van der Waals surface area contributed by atoms with Gasteiger partial charge in [-0.1, -0.05) is 36.4 Å². The number of carbonyl (C=O) groups excluding carboxylic acids is 1. The van der Waals surface area contributed by atoms with Gasteiger partial charge in [-0.3, -0.25) is 9.59 Å². The Hall–Kier alpha value is -2.10. The summed E-state index contributed by atoms with van der Waals surface area (Å²) >= 11 is 0. The highest BCUT2D eigenvalue weighted by Crippen LogP contribution is 2.19. The fraction of sp³-hybridized carbons (Fsp3) is 0.375. The zero-order chi connectivity index (χ0) is 15.0. The molecule has 0 spiro atoms. The van der Waals surface area contributed by atoms with Crippen LogP contribution in [0.1, 0.15) is 25.3 Å². The number of carbonyl (C=O) groups is 2. The average molecular weight is 276 g/mol. The number of benzene rings is 1. The number of carboxylic acid groups (broad SMARTS) is 1. The molecular formula is C16H20O4. The summed E-state index contributed by atoms with van der Waals surface area (Å²) < 4.78 is 5.18.